The summed E-state index contributed by atoms with van der Waals surface area (Å²) in [6.45, 7) is 3.19. The Bertz CT molecular complexity index is 465. The standard InChI is InChI=1S/C15H20BrNO4/c1-11-8-17(9-14(10-18)21-11)15(19)6-7-20-13-4-2-12(16)3-5-13/h2-5,11,14,18H,6-10H2,1H3. The lowest BCUT2D eigenvalue weighted by molar-refractivity contribution is -0.147. The number of hydrogen-bond donors (Lipinski definition) is 1. The third kappa shape index (κ3) is 4.98. The number of morpholine rings is 1. The topological polar surface area (TPSA) is 59.0 Å². The summed E-state index contributed by atoms with van der Waals surface area (Å²) in [5.41, 5.74) is 0. The molecule has 0 aromatic heterocycles. The third-order valence-corrected chi connectivity index (χ3v) is 3.81. The summed E-state index contributed by atoms with van der Waals surface area (Å²) in [5, 5.41) is 9.16. The van der Waals surface area contributed by atoms with Crippen molar-refractivity contribution in [1.29, 1.82) is 0 Å². The fourth-order valence-corrected chi connectivity index (χ4v) is 2.56. The van der Waals surface area contributed by atoms with Crippen LogP contribution in [0.5, 0.6) is 5.75 Å². The summed E-state index contributed by atoms with van der Waals surface area (Å²) in [6.07, 6.45) is -0.0154. The number of aliphatic hydroxyl groups is 1. The maximum atomic E-state index is 12.2. The van der Waals surface area contributed by atoms with E-state index in [-0.39, 0.29) is 24.7 Å². The molecule has 1 fully saturated rings. The van der Waals surface area contributed by atoms with Crippen LogP contribution in [0.4, 0.5) is 0 Å². The predicted molar refractivity (Wildman–Crippen MR) is 82.3 cm³/mol. The summed E-state index contributed by atoms with van der Waals surface area (Å²) in [4.78, 5) is 13.9. The Morgan fingerprint density at radius 3 is 2.81 bits per heavy atom. The molecule has 1 aromatic carbocycles. The van der Waals surface area contributed by atoms with Gasteiger partial charge < -0.3 is 19.5 Å². The van der Waals surface area contributed by atoms with Gasteiger partial charge in [-0.1, -0.05) is 15.9 Å². The molecule has 1 saturated heterocycles. The molecule has 0 spiro atoms. The van der Waals surface area contributed by atoms with Crippen molar-refractivity contribution in [3.63, 3.8) is 0 Å². The average Bonchev–Trinajstić information content (AvgIpc) is 2.48. The van der Waals surface area contributed by atoms with Crippen molar-refractivity contribution in [3.8, 4) is 5.75 Å². The van der Waals surface area contributed by atoms with Gasteiger partial charge in [-0.15, -0.1) is 0 Å². The number of amides is 1. The number of carbonyl (C=O) groups is 1. The number of aliphatic hydroxyl groups excluding tert-OH is 1. The van der Waals surface area contributed by atoms with E-state index < -0.39 is 0 Å². The fraction of sp³-hybridized carbons (Fsp3) is 0.533. The van der Waals surface area contributed by atoms with E-state index in [1.807, 2.05) is 31.2 Å². The number of halogens is 1. The van der Waals surface area contributed by atoms with Crippen LogP contribution in [0.2, 0.25) is 0 Å². The van der Waals surface area contributed by atoms with E-state index in [2.05, 4.69) is 15.9 Å². The molecule has 1 aromatic rings. The van der Waals surface area contributed by atoms with Crippen molar-refractivity contribution in [2.45, 2.75) is 25.6 Å². The number of ether oxygens (including phenoxy) is 2. The van der Waals surface area contributed by atoms with E-state index in [0.717, 1.165) is 10.2 Å². The van der Waals surface area contributed by atoms with Crippen LogP contribution in [0.25, 0.3) is 0 Å². The van der Waals surface area contributed by atoms with Crippen LogP contribution in [0.15, 0.2) is 28.7 Å². The second-order valence-electron chi connectivity index (χ2n) is 5.10. The van der Waals surface area contributed by atoms with Gasteiger partial charge in [-0.2, -0.15) is 0 Å². The summed E-state index contributed by atoms with van der Waals surface area (Å²) in [6, 6.07) is 7.50. The van der Waals surface area contributed by atoms with Gasteiger partial charge in [0.2, 0.25) is 5.91 Å². The van der Waals surface area contributed by atoms with Gasteiger partial charge in [-0.3, -0.25) is 4.79 Å². The Balaban J connectivity index is 1.77. The number of benzene rings is 1. The largest absolute Gasteiger partial charge is 0.493 e. The first-order chi connectivity index (χ1) is 10.1. The maximum absolute atomic E-state index is 12.2. The van der Waals surface area contributed by atoms with Crippen molar-refractivity contribution in [2.75, 3.05) is 26.3 Å². The zero-order valence-corrected chi connectivity index (χ0v) is 13.6. The average molecular weight is 358 g/mol. The Labute approximate surface area is 133 Å². The van der Waals surface area contributed by atoms with Gasteiger partial charge in [0.1, 0.15) is 5.75 Å². The summed E-state index contributed by atoms with van der Waals surface area (Å²) < 4.78 is 12.1. The Morgan fingerprint density at radius 1 is 1.43 bits per heavy atom. The predicted octanol–water partition coefficient (Wildman–Crippen LogP) is 1.83. The number of rotatable bonds is 5. The van der Waals surface area contributed by atoms with Gasteiger partial charge in [0, 0.05) is 17.6 Å². The molecule has 0 saturated carbocycles. The highest BCUT2D eigenvalue weighted by Gasteiger charge is 2.27. The minimum absolute atomic E-state index is 0.0284. The molecule has 0 radical (unpaired) electrons. The molecule has 116 valence electrons. The van der Waals surface area contributed by atoms with Gasteiger partial charge in [0.15, 0.2) is 0 Å². The van der Waals surface area contributed by atoms with Gasteiger partial charge >= 0.3 is 0 Å². The third-order valence-electron chi connectivity index (χ3n) is 3.28. The van der Waals surface area contributed by atoms with Crippen molar-refractivity contribution in [1.82, 2.24) is 4.90 Å². The lowest BCUT2D eigenvalue weighted by atomic mass is 10.2. The highest BCUT2D eigenvalue weighted by atomic mass is 79.9. The normalized spacial score (nSPS) is 22.1. The van der Waals surface area contributed by atoms with Crippen molar-refractivity contribution in [2.24, 2.45) is 0 Å². The van der Waals surface area contributed by atoms with Crippen LogP contribution in [-0.4, -0.2) is 54.4 Å². The van der Waals surface area contributed by atoms with E-state index in [9.17, 15) is 4.79 Å². The molecule has 6 heteroatoms. The quantitative estimate of drug-likeness (QED) is 0.873. The van der Waals surface area contributed by atoms with Crippen LogP contribution in [0.3, 0.4) is 0 Å². The van der Waals surface area contributed by atoms with Gasteiger partial charge in [0.25, 0.3) is 0 Å². The molecule has 1 amide bonds. The molecule has 1 N–H and O–H groups in total. The molecular formula is C15H20BrNO4. The molecule has 21 heavy (non-hydrogen) atoms. The highest BCUT2D eigenvalue weighted by Crippen LogP contribution is 2.17. The molecule has 1 aliphatic heterocycles. The number of hydrogen-bond acceptors (Lipinski definition) is 4. The molecule has 2 rings (SSSR count). The van der Waals surface area contributed by atoms with Crippen LogP contribution < -0.4 is 4.74 Å². The molecule has 5 nitrogen and oxygen atoms in total. The molecule has 0 aliphatic carbocycles. The van der Waals surface area contributed by atoms with Crippen LogP contribution in [0, 0.1) is 0 Å². The smallest absolute Gasteiger partial charge is 0.226 e. The van der Waals surface area contributed by atoms with Crippen LogP contribution >= 0.6 is 15.9 Å². The molecule has 2 atom stereocenters. The molecule has 0 bridgehead atoms. The lowest BCUT2D eigenvalue weighted by Gasteiger charge is -2.36. The number of carbonyl (C=O) groups excluding carboxylic acids is 1. The first kappa shape index (κ1) is 16.3. The zero-order chi connectivity index (χ0) is 15.2. The van der Waals surface area contributed by atoms with Gasteiger partial charge in [-0.25, -0.2) is 0 Å². The molecule has 1 aliphatic rings. The van der Waals surface area contributed by atoms with E-state index >= 15 is 0 Å². The lowest BCUT2D eigenvalue weighted by Crippen LogP contribution is -2.50. The van der Waals surface area contributed by atoms with Gasteiger partial charge in [0.05, 0.1) is 31.8 Å². The Morgan fingerprint density at radius 2 is 2.14 bits per heavy atom. The Kier molecular flexibility index (Phi) is 6.02. The van der Waals surface area contributed by atoms with E-state index in [1.54, 1.807) is 4.90 Å². The highest BCUT2D eigenvalue weighted by molar-refractivity contribution is 9.10. The zero-order valence-electron chi connectivity index (χ0n) is 12.0. The second kappa shape index (κ2) is 7.77. The van der Waals surface area contributed by atoms with Gasteiger partial charge in [-0.05, 0) is 31.2 Å². The minimum Gasteiger partial charge on any atom is -0.493 e. The maximum Gasteiger partial charge on any atom is 0.226 e. The first-order valence-corrected chi connectivity index (χ1v) is 7.80. The summed E-state index contributed by atoms with van der Waals surface area (Å²) in [7, 11) is 0. The van der Waals surface area contributed by atoms with Crippen molar-refractivity contribution in [3.05, 3.63) is 28.7 Å². The molecule has 1 heterocycles. The monoisotopic (exact) mass is 357 g/mol. The fourth-order valence-electron chi connectivity index (χ4n) is 2.29. The summed E-state index contributed by atoms with van der Waals surface area (Å²) in [5.74, 6) is 0.773. The SMILES string of the molecule is CC1CN(C(=O)CCOc2ccc(Br)cc2)CC(CO)O1. The summed E-state index contributed by atoms with van der Waals surface area (Å²) >= 11 is 3.36. The Hall–Kier alpha value is -1.11. The number of nitrogens with zero attached hydrogens (tertiary/aromatic N) is 1. The van der Waals surface area contributed by atoms with Crippen LogP contribution in [-0.2, 0) is 9.53 Å². The first-order valence-electron chi connectivity index (χ1n) is 7.01. The molecular weight excluding hydrogens is 338 g/mol. The van der Waals surface area contributed by atoms with E-state index in [0.29, 0.717) is 26.1 Å². The van der Waals surface area contributed by atoms with Crippen molar-refractivity contribution < 1.29 is 19.4 Å². The molecule has 2 unspecified atom stereocenters. The van der Waals surface area contributed by atoms with E-state index in [4.69, 9.17) is 14.6 Å². The van der Waals surface area contributed by atoms with Crippen molar-refractivity contribution >= 4 is 21.8 Å². The van der Waals surface area contributed by atoms with Crippen LogP contribution in [0.1, 0.15) is 13.3 Å². The second-order valence-corrected chi connectivity index (χ2v) is 6.02. The van der Waals surface area contributed by atoms with E-state index in [1.165, 1.54) is 0 Å². The minimum atomic E-state index is -0.287.